The van der Waals surface area contributed by atoms with Crippen LogP contribution >= 0.6 is 23.2 Å². The summed E-state index contributed by atoms with van der Waals surface area (Å²) in [5, 5.41) is 4.50. The van der Waals surface area contributed by atoms with Crippen LogP contribution in [0.5, 0.6) is 0 Å². The zero-order valence-corrected chi connectivity index (χ0v) is 17.3. The van der Waals surface area contributed by atoms with Gasteiger partial charge >= 0.3 is 0 Å². The third kappa shape index (κ3) is 4.50. The lowest BCUT2D eigenvalue weighted by Gasteiger charge is -2.17. The standard InChI is InChI=1S/C21H19Cl2N3O3.CH4/c1-11(13-3-5-14(22)6-4-13)20(28)25-18-15-9-10-26(12(2)19(24)27)21(29)16(15)7-8-17(18)23;/h3-12H,1-2H3,(H2,24,27)(H,25,28);1H4/t11-,12+;/m0./s1. The number of nitrogens with two attached hydrogens (primary N) is 1. The van der Waals surface area contributed by atoms with Crippen molar-refractivity contribution in [2.45, 2.75) is 33.2 Å². The Morgan fingerprint density at radius 1 is 1.00 bits per heavy atom. The predicted octanol–water partition coefficient (Wildman–Crippen LogP) is 4.73. The average molecular weight is 448 g/mol. The number of halogens is 2. The van der Waals surface area contributed by atoms with Gasteiger partial charge in [0.2, 0.25) is 11.8 Å². The summed E-state index contributed by atoms with van der Waals surface area (Å²) in [6.07, 6.45) is 1.47. The molecule has 0 saturated carbocycles. The van der Waals surface area contributed by atoms with Gasteiger partial charge in [-0.15, -0.1) is 0 Å². The van der Waals surface area contributed by atoms with Gasteiger partial charge in [0.05, 0.1) is 16.6 Å². The van der Waals surface area contributed by atoms with Gasteiger partial charge < -0.3 is 15.6 Å². The molecule has 0 fully saturated rings. The van der Waals surface area contributed by atoms with Crippen LogP contribution in [-0.4, -0.2) is 16.4 Å². The summed E-state index contributed by atoms with van der Waals surface area (Å²) in [6.45, 7) is 3.31. The molecule has 30 heavy (non-hydrogen) atoms. The molecule has 2 aromatic carbocycles. The molecule has 8 heteroatoms. The number of nitrogens with one attached hydrogen (secondary N) is 1. The second kappa shape index (κ2) is 9.32. The van der Waals surface area contributed by atoms with Gasteiger partial charge in [-0.2, -0.15) is 0 Å². The van der Waals surface area contributed by atoms with Crippen LogP contribution in [0, 0.1) is 0 Å². The Hall–Kier alpha value is -2.83. The van der Waals surface area contributed by atoms with Crippen molar-refractivity contribution in [3.05, 3.63) is 74.6 Å². The lowest BCUT2D eigenvalue weighted by molar-refractivity contribution is -0.120. The Morgan fingerprint density at radius 2 is 1.63 bits per heavy atom. The van der Waals surface area contributed by atoms with Gasteiger partial charge in [0.15, 0.2) is 0 Å². The Labute approximate surface area is 184 Å². The van der Waals surface area contributed by atoms with Gasteiger partial charge in [0, 0.05) is 22.0 Å². The molecule has 0 aliphatic heterocycles. The average Bonchev–Trinajstić information content (AvgIpc) is 2.69. The third-order valence-corrected chi connectivity index (χ3v) is 5.47. The van der Waals surface area contributed by atoms with Crippen molar-refractivity contribution in [2.75, 3.05) is 5.32 Å². The van der Waals surface area contributed by atoms with Crippen molar-refractivity contribution in [2.24, 2.45) is 5.73 Å². The maximum absolute atomic E-state index is 12.8. The second-order valence-corrected chi connectivity index (χ2v) is 7.60. The molecule has 3 aromatic rings. The predicted molar refractivity (Wildman–Crippen MR) is 122 cm³/mol. The first kappa shape index (κ1) is 23.4. The quantitative estimate of drug-likeness (QED) is 0.591. The van der Waals surface area contributed by atoms with Crippen LogP contribution in [0.3, 0.4) is 0 Å². The van der Waals surface area contributed by atoms with Gasteiger partial charge in [-0.25, -0.2) is 0 Å². The number of nitrogens with zero attached hydrogens (tertiary/aromatic N) is 1. The summed E-state index contributed by atoms with van der Waals surface area (Å²) < 4.78 is 1.25. The van der Waals surface area contributed by atoms with E-state index in [4.69, 9.17) is 28.9 Å². The molecule has 0 spiro atoms. The molecular formula is C22H23Cl2N3O3. The van der Waals surface area contributed by atoms with Crippen LogP contribution in [0.15, 0.2) is 53.5 Å². The zero-order valence-electron chi connectivity index (χ0n) is 15.8. The number of fused-ring (bicyclic) bond motifs is 1. The Balaban J connectivity index is 0.00000320. The molecule has 2 atom stereocenters. The van der Waals surface area contributed by atoms with Gasteiger partial charge in [-0.3, -0.25) is 14.4 Å². The molecule has 0 aliphatic carbocycles. The van der Waals surface area contributed by atoms with Crippen molar-refractivity contribution >= 4 is 51.5 Å². The van der Waals surface area contributed by atoms with Crippen molar-refractivity contribution < 1.29 is 9.59 Å². The van der Waals surface area contributed by atoms with E-state index in [0.717, 1.165) is 5.56 Å². The van der Waals surface area contributed by atoms with E-state index in [0.29, 0.717) is 26.5 Å². The smallest absolute Gasteiger partial charge is 0.259 e. The van der Waals surface area contributed by atoms with E-state index in [9.17, 15) is 14.4 Å². The normalized spacial score (nSPS) is 12.7. The van der Waals surface area contributed by atoms with Gasteiger partial charge in [0.25, 0.3) is 5.56 Å². The number of pyridine rings is 1. The lowest BCUT2D eigenvalue weighted by atomic mass is 10.00. The highest BCUT2D eigenvalue weighted by Gasteiger charge is 2.20. The monoisotopic (exact) mass is 447 g/mol. The molecule has 0 saturated heterocycles. The van der Waals surface area contributed by atoms with Crippen LogP contribution in [0.1, 0.15) is 38.8 Å². The molecule has 1 heterocycles. The summed E-state index contributed by atoms with van der Waals surface area (Å²) in [5.74, 6) is -1.36. The minimum absolute atomic E-state index is 0. The maximum Gasteiger partial charge on any atom is 0.259 e. The van der Waals surface area contributed by atoms with E-state index in [-0.39, 0.29) is 13.3 Å². The molecule has 0 radical (unpaired) electrons. The molecule has 3 N–H and O–H groups in total. The number of carbonyl (C=O) groups excluding carboxylic acids is 2. The second-order valence-electron chi connectivity index (χ2n) is 6.75. The molecule has 6 nitrogen and oxygen atoms in total. The van der Waals surface area contributed by atoms with E-state index in [1.807, 2.05) is 0 Å². The molecule has 0 aliphatic rings. The zero-order chi connectivity index (χ0) is 21.3. The van der Waals surface area contributed by atoms with E-state index >= 15 is 0 Å². The fourth-order valence-electron chi connectivity index (χ4n) is 3.02. The summed E-state index contributed by atoms with van der Waals surface area (Å²) in [7, 11) is 0. The highest BCUT2D eigenvalue weighted by Crippen LogP contribution is 2.31. The lowest BCUT2D eigenvalue weighted by Crippen LogP contribution is -2.31. The van der Waals surface area contributed by atoms with E-state index < -0.39 is 23.4 Å². The number of primary amides is 1. The minimum atomic E-state index is -0.800. The molecular weight excluding hydrogens is 425 g/mol. The number of aromatic nitrogens is 1. The van der Waals surface area contributed by atoms with Crippen LogP contribution < -0.4 is 16.6 Å². The highest BCUT2D eigenvalue weighted by molar-refractivity contribution is 6.35. The molecule has 0 unspecified atom stereocenters. The summed E-state index contributed by atoms with van der Waals surface area (Å²) in [5.41, 5.74) is 6.05. The van der Waals surface area contributed by atoms with Gasteiger partial charge in [-0.1, -0.05) is 42.8 Å². The number of rotatable bonds is 5. The Morgan fingerprint density at radius 3 is 2.23 bits per heavy atom. The van der Waals surface area contributed by atoms with Crippen molar-refractivity contribution in [3.8, 4) is 0 Å². The Kier molecular flexibility index (Phi) is 7.29. The summed E-state index contributed by atoms with van der Waals surface area (Å²) in [6, 6.07) is 10.9. The minimum Gasteiger partial charge on any atom is -0.368 e. The van der Waals surface area contributed by atoms with Crippen LogP contribution in [0.25, 0.3) is 10.8 Å². The topological polar surface area (TPSA) is 94.2 Å². The highest BCUT2D eigenvalue weighted by atomic mass is 35.5. The number of carbonyl (C=O) groups is 2. The number of amides is 2. The molecule has 158 valence electrons. The van der Waals surface area contributed by atoms with Gasteiger partial charge in [-0.05, 0) is 49.7 Å². The number of benzene rings is 2. The molecule has 3 rings (SSSR count). The van der Waals surface area contributed by atoms with Crippen molar-refractivity contribution in [1.29, 1.82) is 0 Å². The van der Waals surface area contributed by atoms with E-state index in [1.54, 1.807) is 50.2 Å². The fraction of sp³-hybridized carbons (Fsp3) is 0.227. The molecule has 0 bridgehead atoms. The van der Waals surface area contributed by atoms with Crippen molar-refractivity contribution in [3.63, 3.8) is 0 Å². The first-order valence-electron chi connectivity index (χ1n) is 8.89. The van der Waals surface area contributed by atoms with E-state index in [2.05, 4.69) is 5.32 Å². The number of anilines is 1. The van der Waals surface area contributed by atoms with Crippen LogP contribution in [-0.2, 0) is 9.59 Å². The van der Waals surface area contributed by atoms with Crippen molar-refractivity contribution in [1.82, 2.24) is 4.57 Å². The first-order valence-corrected chi connectivity index (χ1v) is 9.65. The van der Waals surface area contributed by atoms with Crippen LogP contribution in [0.2, 0.25) is 10.0 Å². The largest absolute Gasteiger partial charge is 0.368 e. The summed E-state index contributed by atoms with van der Waals surface area (Å²) in [4.78, 5) is 37.1. The van der Waals surface area contributed by atoms with Crippen LogP contribution in [0.4, 0.5) is 5.69 Å². The fourth-order valence-corrected chi connectivity index (χ4v) is 3.36. The van der Waals surface area contributed by atoms with Gasteiger partial charge in [0.1, 0.15) is 6.04 Å². The SMILES string of the molecule is C.C[C@H](C(=O)Nc1c(Cl)ccc2c(=O)n([C@H](C)C(N)=O)ccc12)c1ccc(Cl)cc1. The molecule has 2 amide bonds. The molecule has 1 aromatic heterocycles. The summed E-state index contributed by atoms with van der Waals surface area (Å²) >= 11 is 12.2. The third-order valence-electron chi connectivity index (χ3n) is 4.90. The first-order chi connectivity index (χ1) is 13.7. The Bertz CT molecular complexity index is 1160. The number of hydrogen-bond donors (Lipinski definition) is 2. The maximum atomic E-state index is 12.8. The number of hydrogen-bond acceptors (Lipinski definition) is 3. The van der Waals surface area contributed by atoms with E-state index in [1.165, 1.54) is 16.8 Å².